The third kappa shape index (κ3) is 6.59. The second-order valence-corrected chi connectivity index (χ2v) is 13.1. The summed E-state index contributed by atoms with van der Waals surface area (Å²) in [5.74, 6) is 2.38. The van der Waals surface area contributed by atoms with E-state index >= 15 is 0 Å². The Morgan fingerprint density at radius 1 is 1.12 bits per heavy atom. The Morgan fingerprint density at radius 3 is 2.56 bits per heavy atom. The molecule has 5 heterocycles. The van der Waals surface area contributed by atoms with E-state index in [1.165, 1.54) is 0 Å². The Hall–Kier alpha value is -3.38. The number of hydrogen-bond donors (Lipinski definition) is 2. The molecule has 6 rings (SSSR count). The molecule has 12 heteroatoms. The van der Waals surface area contributed by atoms with Gasteiger partial charge in [-0.2, -0.15) is 14.6 Å². The molecule has 2 amide bonds. The maximum absolute atomic E-state index is 13.1. The van der Waals surface area contributed by atoms with Crippen LogP contribution in [0.1, 0.15) is 51.0 Å². The summed E-state index contributed by atoms with van der Waals surface area (Å²) < 4.78 is 14.1. The lowest BCUT2D eigenvalue weighted by molar-refractivity contribution is -0.136. The average Bonchev–Trinajstić information content (AvgIpc) is 3.47. The van der Waals surface area contributed by atoms with E-state index in [0.717, 1.165) is 55.8 Å². The average molecular weight is 595 g/mol. The van der Waals surface area contributed by atoms with E-state index in [4.69, 9.17) is 19.6 Å². The summed E-state index contributed by atoms with van der Waals surface area (Å²) in [6.07, 6.45) is 9.16. The largest absolute Gasteiger partial charge is 0.473 e. The van der Waals surface area contributed by atoms with Crippen molar-refractivity contribution < 1.29 is 19.1 Å². The van der Waals surface area contributed by atoms with Crippen LogP contribution in [0.4, 0.5) is 10.6 Å². The number of hydrogen-bond acceptors (Lipinski definition) is 9. The maximum atomic E-state index is 13.1. The lowest BCUT2D eigenvalue weighted by Crippen LogP contribution is -2.57. The highest BCUT2D eigenvalue weighted by atomic mass is 16.6. The van der Waals surface area contributed by atoms with Crippen molar-refractivity contribution in [2.24, 2.45) is 11.8 Å². The van der Waals surface area contributed by atoms with Crippen LogP contribution in [0.15, 0.2) is 24.4 Å². The maximum Gasteiger partial charge on any atom is 0.410 e. The van der Waals surface area contributed by atoms with Crippen LogP contribution < -0.4 is 15.4 Å². The predicted molar refractivity (Wildman–Crippen MR) is 163 cm³/mol. The van der Waals surface area contributed by atoms with E-state index in [9.17, 15) is 9.59 Å². The molecule has 1 aliphatic carbocycles. The summed E-state index contributed by atoms with van der Waals surface area (Å²) in [5, 5.41) is 11.9. The lowest BCUT2D eigenvalue weighted by Gasteiger charge is -2.41. The molecule has 4 aliphatic rings. The Morgan fingerprint density at radius 2 is 1.88 bits per heavy atom. The molecule has 1 saturated carbocycles. The summed E-state index contributed by atoms with van der Waals surface area (Å²) in [6.45, 7) is 9.08. The van der Waals surface area contributed by atoms with Gasteiger partial charge in [-0.15, -0.1) is 0 Å². The van der Waals surface area contributed by atoms with Gasteiger partial charge < -0.3 is 34.8 Å². The number of nitrogens with one attached hydrogen (secondary N) is 2. The van der Waals surface area contributed by atoms with E-state index < -0.39 is 0 Å². The minimum atomic E-state index is -0.271. The molecule has 2 unspecified atom stereocenters. The standard InChI is InChI=1S/C31H46N8O4/c1-20(2)25-15-33-39-26(13-27(35-30(25)39)42-23-7-5-11-32-14-23)34-29-21-9-10-22(29)17-38(16-21)31(41)43-24-18-37(19-24)28(40)8-6-12-36(3)4/h6,8,13,15,20-24,29,32,34H,5,7,9-12,14,16-19H2,1-4H3/b8-6+/t21?,22?,23-,29?/m1/s1. The van der Waals surface area contributed by atoms with Gasteiger partial charge in [0.05, 0.1) is 19.3 Å². The minimum Gasteiger partial charge on any atom is -0.473 e. The zero-order valence-corrected chi connectivity index (χ0v) is 25.9. The first kappa shape index (κ1) is 29.7. The number of carbonyl (C=O) groups is 2. The Balaban J connectivity index is 1.08. The van der Waals surface area contributed by atoms with Gasteiger partial charge >= 0.3 is 6.09 Å². The zero-order valence-electron chi connectivity index (χ0n) is 25.9. The van der Waals surface area contributed by atoms with Gasteiger partial charge in [0.1, 0.15) is 18.0 Å². The minimum absolute atomic E-state index is 0.0361. The van der Waals surface area contributed by atoms with Gasteiger partial charge in [0.15, 0.2) is 5.65 Å². The normalized spacial score (nSPS) is 26.0. The molecular weight excluding hydrogens is 548 g/mol. The van der Waals surface area contributed by atoms with Crippen LogP contribution in [0.3, 0.4) is 0 Å². The van der Waals surface area contributed by atoms with Crippen molar-refractivity contribution in [1.29, 1.82) is 0 Å². The van der Waals surface area contributed by atoms with Gasteiger partial charge in [-0.3, -0.25) is 4.79 Å². The number of carbonyl (C=O) groups excluding carboxylic acids is 2. The van der Waals surface area contributed by atoms with E-state index in [1.807, 2.05) is 46.7 Å². The van der Waals surface area contributed by atoms with Crippen LogP contribution in [0, 0.1) is 11.8 Å². The predicted octanol–water partition coefficient (Wildman–Crippen LogP) is 2.57. The van der Waals surface area contributed by atoms with E-state index in [0.29, 0.717) is 50.4 Å². The number of rotatable bonds is 9. The Labute approximate surface area is 253 Å². The molecule has 3 saturated heterocycles. The van der Waals surface area contributed by atoms with E-state index in [2.05, 4.69) is 24.5 Å². The van der Waals surface area contributed by atoms with Crippen LogP contribution in [-0.4, -0.2) is 119 Å². The molecule has 0 aromatic carbocycles. The van der Waals surface area contributed by atoms with Gasteiger partial charge in [0, 0.05) is 49.9 Å². The molecule has 3 aliphatic heterocycles. The number of amides is 2. The molecule has 2 aromatic heterocycles. The van der Waals surface area contributed by atoms with Crippen molar-refractivity contribution in [3.8, 4) is 5.88 Å². The van der Waals surface area contributed by atoms with Crippen LogP contribution in [0.25, 0.3) is 5.65 Å². The monoisotopic (exact) mass is 594 g/mol. The highest BCUT2D eigenvalue weighted by molar-refractivity contribution is 5.88. The Kier molecular flexibility index (Phi) is 8.76. The number of likely N-dealkylation sites (tertiary alicyclic amines) is 2. The van der Waals surface area contributed by atoms with Crippen molar-refractivity contribution in [3.05, 3.63) is 30.0 Å². The third-order valence-electron chi connectivity index (χ3n) is 9.20. The topological polar surface area (TPSA) is 117 Å². The summed E-state index contributed by atoms with van der Waals surface area (Å²) in [4.78, 5) is 35.8. The van der Waals surface area contributed by atoms with Gasteiger partial charge in [-0.05, 0) is 64.1 Å². The van der Waals surface area contributed by atoms with Gasteiger partial charge in [0.2, 0.25) is 11.8 Å². The van der Waals surface area contributed by atoms with E-state index in [-0.39, 0.29) is 36.2 Å². The number of aromatic nitrogens is 3. The number of anilines is 1. The van der Waals surface area contributed by atoms with Crippen LogP contribution >= 0.6 is 0 Å². The first-order valence-electron chi connectivity index (χ1n) is 15.8. The SMILES string of the molecule is CC(C)c1cnn2c(NC3C4CCC3CN(C(=O)OC3CN(C(=O)/C=C/CN(C)C)C3)C4)cc(O[C@@H]3CCCNC3)nc12. The molecule has 2 bridgehead atoms. The molecule has 43 heavy (non-hydrogen) atoms. The number of nitrogens with zero attached hydrogens (tertiary/aromatic N) is 6. The first-order valence-corrected chi connectivity index (χ1v) is 15.8. The fourth-order valence-corrected chi connectivity index (χ4v) is 6.78. The number of ether oxygens (including phenoxy) is 2. The van der Waals surface area contributed by atoms with Crippen LogP contribution in [0.2, 0.25) is 0 Å². The van der Waals surface area contributed by atoms with Crippen molar-refractivity contribution >= 4 is 23.5 Å². The number of fused-ring (bicyclic) bond motifs is 3. The lowest BCUT2D eigenvalue weighted by atomic mass is 9.92. The summed E-state index contributed by atoms with van der Waals surface area (Å²) >= 11 is 0. The fraction of sp³-hybridized carbons (Fsp3) is 0.677. The van der Waals surface area contributed by atoms with Crippen molar-refractivity contribution in [2.75, 3.05) is 65.2 Å². The number of piperidine rings is 2. The molecule has 3 atom stereocenters. The summed E-state index contributed by atoms with van der Waals surface area (Å²) in [6, 6.07) is 2.20. The Bertz CT molecular complexity index is 1320. The highest BCUT2D eigenvalue weighted by Gasteiger charge is 2.45. The van der Waals surface area contributed by atoms with Gasteiger partial charge in [0.25, 0.3) is 0 Å². The van der Waals surface area contributed by atoms with Gasteiger partial charge in [-0.25, -0.2) is 4.79 Å². The van der Waals surface area contributed by atoms with Crippen molar-refractivity contribution in [3.63, 3.8) is 0 Å². The molecule has 2 N–H and O–H groups in total. The second kappa shape index (κ2) is 12.7. The molecular formula is C31H46N8O4. The van der Waals surface area contributed by atoms with Crippen LogP contribution in [0.5, 0.6) is 5.88 Å². The fourth-order valence-electron chi connectivity index (χ4n) is 6.78. The molecule has 234 valence electrons. The first-order chi connectivity index (χ1) is 20.7. The van der Waals surface area contributed by atoms with E-state index in [1.54, 1.807) is 11.0 Å². The molecule has 0 radical (unpaired) electrons. The molecule has 4 fully saturated rings. The van der Waals surface area contributed by atoms with Gasteiger partial charge in [-0.1, -0.05) is 19.9 Å². The van der Waals surface area contributed by atoms with Crippen molar-refractivity contribution in [2.45, 2.75) is 63.7 Å². The highest BCUT2D eigenvalue weighted by Crippen LogP contribution is 2.39. The second-order valence-electron chi connectivity index (χ2n) is 13.1. The molecule has 12 nitrogen and oxygen atoms in total. The summed E-state index contributed by atoms with van der Waals surface area (Å²) in [5.41, 5.74) is 1.92. The quantitative estimate of drug-likeness (QED) is 0.423. The molecule has 2 aromatic rings. The zero-order chi connectivity index (χ0) is 30.1. The third-order valence-corrected chi connectivity index (χ3v) is 9.20. The summed E-state index contributed by atoms with van der Waals surface area (Å²) in [7, 11) is 3.92. The smallest absolute Gasteiger partial charge is 0.410 e. The van der Waals surface area contributed by atoms with Crippen LogP contribution in [-0.2, 0) is 9.53 Å². The molecule has 0 spiro atoms. The number of likely N-dealkylation sites (N-methyl/N-ethyl adjacent to an activating group) is 1. The van der Waals surface area contributed by atoms with Crippen molar-refractivity contribution in [1.82, 2.24) is 34.6 Å².